The molecule has 34 heavy (non-hydrogen) atoms. The first kappa shape index (κ1) is 22.9. The molecule has 0 aliphatic carbocycles. The fraction of sp³-hybridized carbons (Fsp3) is 0.214. The second-order valence-corrected chi connectivity index (χ2v) is 9.41. The molecule has 0 bridgehead atoms. The van der Waals surface area contributed by atoms with E-state index in [2.05, 4.69) is 40.1 Å². The maximum absolute atomic E-state index is 6.15. The molecule has 1 saturated heterocycles. The number of nitrogens with zero attached hydrogens (tertiary/aromatic N) is 4. The van der Waals surface area contributed by atoms with Crippen LogP contribution in [0.3, 0.4) is 0 Å². The number of rotatable bonds is 5. The normalized spacial score (nSPS) is 14.7. The zero-order valence-corrected chi connectivity index (χ0v) is 20.4. The van der Waals surface area contributed by atoms with Gasteiger partial charge in [0.2, 0.25) is 0 Å². The Morgan fingerprint density at radius 3 is 2.00 bits per heavy atom. The average Bonchev–Trinajstić information content (AvgIpc) is 3.11. The van der Waals surface area contributed by atoms with Crippen molar-refractivity contribution in [3.63, 3.8) is 0 Å². The van der Waals surface area contributed by atoms with Gasteiger partial charge in [-0.25, -0.2) is 4.98 Å². The van der Waals surface area contributed by atoms with Crippen molar-refractivity contribution < 1.29 is 0 Å². The molecule has 0 saturated carbocycles. The van der Waals surface area contributed by atoms with E-state index in [0.29, 0.717) is 10.0 Å². The number of anilines is 1. The molecule has 4 aromatic rings. The molecule has 3 aromatic carbocycles. The van der Waals surface area contributed by atoms with Crippen LogP contribution < -0.4 is 4.90 Å². The molecule has 172 valence electrons. The van der Waals surface area contributed by atoms with E-state index < -0.39 is 0 Å². The molecular formula is C28H26Cl2N4. The van der Waals surface area contributed by atoms with Crippen molar-refractivity contribution >= 4 is 29.0 Å². The topological polar surface area (TPSA) is 32.3 Å². The molecule has 1 aliphatic heterocycles. The summed E-state index contributed by atoms with van der Waals surface area (Å²) in [5.74, 6) is 0.907. The first-order valence-electron chi connectivity index (χ1n) is 11.6. The fourth-order valence-electron chi connectivity index (χ4n) is 4.36. The van der Waals surface area contributed by atoms with E-state index in [0.717, 1.165) is 67.5 Å². The monoisotopic (exact) mass is 488 g/mol. The molecule has 0 amide bonds. The Hall–Kier alpha value is -2.92. The van der Waals surface area contributed by atoms with Gasteiger partial charge in [0.05, 0.1) is 17.6 Å². The van der Waals surface area contributed by atoms with Crippen LogP contribution in [0.5, 0.6) is 0 Å². The maximum atomic E-state index is 6.15. The van der Waals surface area contributed by atoms with Crippen LogP contribution in [0.15, 0.2) is 85.1 Å². The van der Waals surface area contributed by atoms with Gasteiger partial charge < -0.3 is 4.90 Å². The minimum Gasteiger partial charge on any atom is -0.354 e. The predicted octanol–water partition coefficient (Wildman–Crippen LogP) is 6.83. The van der Waals surface area contributed by atoms with Crippen molar-refractivity contribution in [2.45, 2.75) is 13.0 Å². The van der Waals surface area contributed by atoms with Gasteiger partial charge in [0.1, 0.15) is 5.82 Å². The second kappa shape index (κ2) is 10.6. The molecule has 2 heterocycles. The molecule has 0 atom stereocenters. The van der Waals surface area contributed by atoms with Crippen molar-refractivity contribution in [2.75, 3.05) is 31.1 Å². The van der Waals surface area contributed by atoms with Gasteiger partial charge in [-0.1, -0.05) is 77.8 Å². The van der Waals surface area contributed by atoms with Crippen molar-refractivity contribution in [2.24, 2.45) is 0 Å². The van der Waals surface area contributed by atoms with Crippen LogP contribution in [0.2, 0.25) is 10.0 Å². The second-order valence-electron chi connectivity index (χ2n) is 8.54. The van der Waals surface area contributed by atoms with Gasteiger partial charge in [-0.05, 0) is 36.2 Å². The van der Waals surface area contributed by atoms with Crippen molar-refractivity contribution in [3.8, 4) is 22.5 Å². The largest absolute Gasteiger partial charge is 0.354 e. The molecule has 0 spiro atoms. The Labute approximate surface area is 210 Å². The summed E-state index contributed by atoms with van der Waals surface area (Å²) in [6.07, 6.45) is 2.99. The SMILES string of the molecule is Clc1ccc(-c2ncc(N3CCCN(Cc4ccccc4)CC3)nc2-c2ccc(Cl)cc2)cc1. The number of hydrogen-bond donors (Lipinski definition) is 0. The summed E-state index contributed by atoms with van der Waals surface area (Å²) in [5.41, 5.74) is 5.01. The molecule has 0 unspecified atom stereocenters. The minimum absolute atomic E-state index is 0.700. The van der Waals surface area contributed by atoms with Crippen LogP contribution in [0.4, 0.5) is 5.82 Å². The van der Waals surface area contributed by atoms with E-state index in [9.17, 15) is 0 Å². The van der Waals surface area contributed by atoms with Gasteiger partial charge in [-0.3, -0.25) is 9.88 Å². The Balaban J connectivity index is 1.42. The minimum atomic E-state index is 0.700. The van der Waals surface area contributed by atoms with Gasteiger partial charge in [0, 0.05) is 53.9 Å². The molecule has 0 radical (unpaired) electrons. The maximum Gasteiger partial charge on any atom is 0.147 e. The molecule has 4 nitrogen and oxygen atoms in total. The quantitative estimate of drug-likeness (QED) is 0.308. The van der Waals surface area contributed by atoms with E-state index in [4.69, 9.17) is 33.2 Å². The van der Waals surface area contributed by atoms with Gasteiger partial charge in [-0.15, -0.1) is 0 Å². The number of halogens is 2. The summed E-state index contributed by atoms with van der Waals surface area (Å²) in [5, 5.41) is 1.40. The Kier molecular flexibility index (Phi) is 7.10. The van der Waals surface area contributed by atoms with E-state index in [1.54, 1.807) is 0 Å². The Morgan fingerprint density at radius 1 is 0.676 bits per heavy atom. The van der Waals surface area contributed by atoms with E-state index in [-0.39, 0.29) is 0 Å². The summed E-state index contributed by atoms with van der Waals surface area (Å²) >= 11 is 12.3. The van der Waals surface area contributed by atoms with Crippen LogP contribution >= 0.6 is 23.2 Å². The highest BCUT2D eigenvalue weighted by Gasteiger charge is 2.19. The lowest BCUT2D eigenvalue weighted by atomic mass is 10.0. The summed E-state index contributed by atoms with van der Waals surface area (Å²) in [6.45, 7) is 4.92. The van der Waals surface area contributed by atoms with Crippen molar-refractivity contribution in [1.29, 1.82) is 0 Å². The molecular weight excluding hydrogens is 463 g/mol. The number of aromatic nitrogens is 2. The molecule has 1 aromatic heterocycles. The number of benzene rings is 3. The zero-order valence-electron chi connectivity index (χ0n) is 18.9. The zero-order chi connectivity index (χ0) is 23.3. The van der Waals surface area contributed by atoms with Gasteiger partial charge in [0.25, 0.3) is 0 Å². The van der Waals surface area contributed by atoms with Crippen LogP contribution in [-0.2, 0) is 6.54 Å². The molecule has 5 rings (SSSR count). The highest BCUT2D eigenvalue weighted by Crippen LogP contribution is 2.32. The van der Waals surface area contributed by atoms with E-state index >= 15 is 0 Å². The van der Waals surface area contributed by atoms with Gasteiger partial charge >= 0.3 is 0 Å². The smallest absolute Gasteiger partial charge is 0.147 e. The summed E-state index contributed by atoms with van der Waals surface area (Å²) < 4.78 is 0. The van der Waals surface area contributed by atoms with Gasteiger partial charge in [-0.2, -0.15) is 0 Å². The highest BCUT2D eigenvalue weighted by atomic mass is 35.5. The van der Waals surface area contributed by atoms with E-state index in [1.807, 2.05) is 54.7 Å². The summed E-state index contributed by atoms with van der Waals surface area (Å²) in [6, 6.07) is 26.2. The third-order valence-corrected chi connectivity index (χ3v) is 6.66. The first-order valence-corrected chi connectivity index (χ1v) is 12.3. The lowest BCUT2D eigenvalue weighted by Crippen LogP contribution is -2.31. The van der Waals surface area contributed by atoms with E-state index in [1.165, 1.54) is 5.56 Å². The van der Waals surface area contributed by atoms with Crippen LogP contribution in [0, 0.1) is 0 Å². The predicted molar refractivity (Wildman–Crippen MR) is 141 cm³/mol. The fourth-order valence-corrected chi connectivity index (χ4v) is 4.61. The summed E-state index contributed by atoms with van der Waals surface area (Å²) in [7, 11) is 0. The highest BCUT2D eigenvalue weighted by molar-refractivity contribution is 6.31. The molecule has 1 aliphatic rings. The Bertz CT molecular complexity index is 1230. The molecule has 0 N–H and O–H groups in total. The average molecular weight is 489 g/mol. The third-order valence-electron chi connectivity index (χ3n) is 6.16. The lowest BCUT2D eigenvalue weighted by Gasteiger charge is -2.23. The molecule has 1 fully saturated rings. The van der Waals surface area contributed by atoms with Crippen LogP contribution in [0.1, 0.15) is 12.0 Å². The van der Waals surface area contributed by atoms with Crippen molar-refractivity contribution in [3.05, 3.63) is 101 Å². The lowest BCUT2D eigenvalue weighted by molar-refractivity contribution is 0.285. The standard InChI is InChI=1S/C28H26Cl2N4/c29-24-11-7-22(8-12-24)27-28(23-9-13-25(30)14-10-23)32-26(19-31-27)34-16-4-15-33(17-18-34)20-21-5-2-1-3-6-21/h1-3,5-14,19H,4,15-18,20H2. The molecule has 6 heteroatoms. The van der Waals surface area contributed by atoms with Crippen LogP contribution in [-0.4, -0.2) is 41.0 Å². The van der Waals surface area contributed by atoms with Crippen molar-refractivity contribution in [1.82, 2.24) is 14.9 Å². The van der Waals surface area contributed by atoms with Gasteiger partial charge in [0.15, 0.2) is 0 Å². The third kappa shape index (κ3) is 5.41. The first-order chi connectivity index (χ1) is 16.7. The van der Waals surface area contributed by atoms with Crippen LogP contribution in [0.25, 0.3) is 22.5 Å². The number of hydrogen-bond acceptors (Lipinski definition) is 4. The Morgan fingerprint density at radius 2 is 1.32 bits per heavy atom. The summed E-state index contributed by atoms with van der Waals surface area (Å²) in [4.78, 5) is 14.9.